The van der Waals surface area contributed by atoms with Gasteiger partial charge in [-0.1, -0.05) is 30.3 Å². The van der Waals surface area contributed by atoms with Crippen LogP contribution in [-0.4, -0.2) is 9.97 Å². The fraction of sp³-hybridized carbons (Fsp3) is 0.0588. The molecule has 0 spiro atoms. The summed E-state index contributed by atoms with van der Waals surface area (Å²) in [7, 11) is 0. The summed E-state index contributed by atoms with van der Waals surface area (Å²) in [5, 5.41) is 0. The molecule has 0 radical (unpaired) electrons. The van der Waals surface area contributed by atoms with Crippen LogP contribution in [0.1, 0.15) is 5.82 Å². The molecule has 0 saturated carbocycles. The van der Waals surface area contributed by atoms with Crippen molar-refractivity contribution < 1.29 is 4.74 Å². The van der Waals surface area contributed by atoms with Gasteiger partial charge < -0.3 is 15.5 Å². The largest absolute Gasteiger partial charge is 0.486 e. The minimum absolute atomic E-state index is 0.196. The Morgan fingerprint density at radius 3 is 2.50 bits per heavy atom. The number of anilines is 1. The molecule has 0 fully saturated rings. The van der Waals surface area contributed by atoms with Gasteiger partial charge in [-0.15, -0.1) is 0 Å². The van der Waals surface area contributed by atoms with Gasteiger partial charge in [0.15, 0.2) is 0 Å². The number of benzene rings is 2. The Bertz CT molecular complexity index is 811. The molecule has 0 aliphatic rings. The molecule has 1 aromatic heterocycles. The highest BCUT2D eigenvalue weighted by Gasteiger charge is 2.05. The Hall–Kier alpha value is -3.08. The summed E-state index contributed by atoms with van der Waals surface area (Å²) in [6, 6.07) is 18.1. The van der Waals surface area contributed by atoms with Crippen molar-refractivity contribution in [2.75, 3.05) is 5.73 Å². The number of nitrogens with one attached hydrogen (secondary N) is 1. The third-order valence-electron chi connectivity index (χ3n) is 3.12. The molecule has 5 nitrogen and oxygen atoms in total. The highest BCUT2D eigenvalue weighted by Crippen LogP contribution is 2.17. The topological polar surface area (TPSA) is 81.0 Å². The molecule has 110 valence electrons. The minimum Gasteiger partial charge on any atom is -0.486 e. The lowest BCUT2D eigenvalue weighted by Gasteiger charge is -2.07. The van der Waals surface area contributed by atoms with E-state index in [1.807, 2.05) is 42.5 Å². The number of H-pyrrole nitrogens is 1. The van der Waals surface area contributed by atoms with Crippen molar-refractivity contribution in [3.63, 3.8) is 0 Å². The number of hydrogen-bond donors (Lipinski definition) is 2. The van der Waals surface area contributed by atoms with Crippen molar-refractivity contribution >= 4 is 5.69 Å². The molecule has 0 bridgehead atoms. The fourth-order valence-electron chi connectivity index (χ4n) is 2.05. The molecular weight excluding hydrogens is 278 g/mol. The molecule has 2 aromatic carbocycles. The van der Waals surface area contributed by atoms with Crippen LogP contribution in [0, 0.1) is 0 Å². The van der Waals surface area contributed by atoms with Crippen LogP contribution in [0.3, 0.4) is 0 Å². The van der Waals surface area contributed by atoms with E-state index in [4.69, 9.17) is 10.5 Å². The SMILES string of the molecule is Nc1ccc(-c2cc(=O)[nH]c(COc3ccccc3)n2)cc1. The van der Waals surface area contributed by atoms with Crippen LogP contribution in [-0.2, 0) is 6.61 Å². The third-order valence-corrected chi connectivity index (χ3v) is 3.12. The quantitative estimate of drug-likeness (QED) is 0.724. The van der Waals surface area contributed by atoms with Crippen molar-refractivity contribution in [3.05, 3.63) is 76.8 Å². The van der Waals surface area contributed by atoms with Gasteiger partial charge in [-0.05, 0) is 24.3 Å². The summed E-state index contributed by atoms with van der Waals surface area (Å²) in [4.78, 5) is 18.9. The maximum atomic E-state index is 11.8. The molecule has 0 atom stereocenters. The van der Waals surface area contributed by atoms with Gasteiger partial charge in [-0.2, -0.15) is 0 Å². The van der Waals surface area contributed by atoms with E-state index in [1.165, 1.54) is 6.07 Å². The summed E-state index contributed by atoms with van der Waals surface area (Å²) in [6.07, 6.45) is 0. The zero-order chi connectivity index (χ0) is 15.4. The molecule has 0 aliphatic carbocycles. The number of rotatable bonds is 4. The van der Waals surface area contributed by atoms with Gasteiger partial charge in [0.2, 0.25) is 0 Å². The summed E-state index contributed by atoms with van der Waals surface area (Å²) in [5.41, 5.74) is 7.55. The van der Waals surface area contributed by atoms with Gasteiger partial charge in [-0.25, -0.2) is 4.98 Å². The predicted octanol–water partition coefficient (Wildman–Crippen LogP) is 2.60. The Labute approximate surface area is 127 Å². The highest BCUT2D eigenvalue weighted by molar-refractivity contribution is 5.61. The van der Waals surface area contributed by atoms with Gasteiger partial charge in [0.05, 0.1) is 5.69 Å². The fourth-order valence-corrected chi connectivity index (χ4v) is 2.05. The number of aromatic amines is 1. The number of ether oxygens (including phenoxy) is 1. The van der Waals surface area contributed by atoms with Crippen LogP contribution in [0.15, 0.2) is 65.5 Å². The molecule has 0 aliphatic heterocycles. The standard InChI is InChI=1S/C17H15N3O2/c18-13-8-6-12(7-9-13)15-10-17(21)20-16(19-15)11-22-14-4-2-1-3-5-14/h1-10H,11,18H2,(H,19,20,21). The van der Waals surface area contributed by atoms with E-state index in [2.05, 4.69) is 9.97 Å². The van der Waals surface area contributed by atoms with Gasteiger partial charge in [-0.3, -0.25) is 4.79 Å². The molecule has 0 unspecified atom stereocenters. The first-order chi connectivity index (χ1) is 10.7. The van der Waals surface area contributed by atoms with Crippen LogP contribution in [0.5, 0.6) is 5.75 Å². The lowest BCUT2D eigenvalue weighted by atomic mass is 10.1. The minimum atomic E-state index is -0.214. The smallest absolute Gasteiger partial charge is 0.251 e. The average molecular weight is 293 g/mol. The zero-order valence-corrected chi connectivity index (χ0v) is 11.8. The Kier molecular flexibility index (Phi) is 3.87. The van der Waals surface area contributed by atoms with Crippen molar-refractivity contribution in [3.8, 4) is 17.0 Å². The van der Waals surface area contributed by atoms with Crippen LogP contribution in [0.2, 0.25) is 0 Å². The van der Waals surface area contributed by atoms with E-state index < -0.39 is 0 Å². The summed E-state index contributed by atoms with van der Waals surface area (Å²) >= 11 is 0. The van der Waals surface area contributed by atoms with Gasteiger partial charge >= 0.3 is 0 Å². The number of nitrogens with zero attached hydrogens (tertiary/aromatic N) is 1. The highest BCUT2D eigenvalue weighted by atomic mass is 16.5. The first-order valence-electron chi connectivity index (χ1n) is 6.85. The van der Waals surface area contributed by atoms with Crippen LogP contribution < -0.4 is 16.0 Å². The van der Waals surface area contributed by atoms with Gasteiger partial charge in [0.1, 0.15) is 18.2 Å². The van der Waals surface area contributed by atoms with E-state index in [9.17, 15) is 4.79 Å². The van der Waals surface area contributed by atoms with E-state index >= 15 is 0 Å². The molecule has 5 heteroatoms. The summed E-state index contributed by atoms with van der Waals surface area (Å²) in [5.74, 6) is 1.20. The molecular formula is C17H15N3O2. The van der Waals surface area contributed by atoms with Gasteiger partial charge in [0, 0.05) is 17.3 Å². The second kappa shape index (κ2) is 6.13. The maximum Gasteiger partial charge on any atom is 0.251 e. The maximum absolute atomic E-state index is 11.8. The van der Waals surface area contributed by atoms with Crippen LogP contribution in [0.4, 0.5) is 5.69 Å². The Morgan fingerprint density at radius 1 is 1.05 bits per heavy atom. The molecule has 22 heavy (non-hydrogen) atoms. The zero-order valence-electron chi connectivity index (χ0n) is 11.8. The average Bonchev–Trinajstić information content (AvgIpc) is 2.54. The second-order valence-electron chi connectivity index (χ2n) is 4.80. The van der Waals surface area contributed by atoms with Crippen LogP contribution >= 0.6 is 0 Å². The van der Waals surface area contributed by atoms with Crippen molar-refractivity contribution in [1.29, 1.82) is 0 Å². The lowest BCUT2D eigenvalue weighted by Crippen LogP contribution is -2.13. The van der Waals surface area contributed by atoms with Crippen molar-refractivity contribution in [2.45, 2.75) is 6.61 Å². The molecule has 3 rings (SSSR count). The number of para-hydroxylation sites is 1. The molecule has 0 amide bonds. The van der Waals surface area contributed by atoms with Gasteiger partial charge in [0.25, 0.3) is 5.56 Å². The van der Waals surface area contributed by atoms with E-state index in [0.717, 1.165) is 11.3 Å². The predicted molar refractivity (Wildman–Crippen MR) is 85.5 cm³/mol. The Morgan fingerprint density at radius 2 is 1.77 bits per heavy atom. The Balaban J connectivity index is 1.84. The van der Waals surface area contributed by atoms with E-state index in [0.29, 0.717) is 17.2 Å². The number of hydrogen-bond acceptors (Lipinski definition) is 4. The summed E-state index contributed by atoms with van der Waals surface area (Å²) in [6.45, 7) is 0.196. The van der Waals surface area contributed by atoms with E-state index in [1.54, 1.807) is 12.1 Å². The number of nitrogen functional groups attached to an aromatic ring is 1. The number of nitrogens with two attached hydrogens (primary N) is 1. The van der Waals surface area contributed by atoms with E-state index in [-0.39, 0.29) is 12.2 Å². The van der Waals surface area contributed by atoms with Crippen LogP contribution in [0.25, 0.3) is 11.3 Å². The molecule has 1 heterocycles. The first kappa shape index (κ1) is 13.9. The second-order valence-corrected chi connectivity index (χ2v) is 4.80. The molecule has 0 saturated heterocycles. The first-order valence-corrected chi connectivity index (χ1v) is 6.85. The number of aromatic nitrogens is 2. The van der Waals surface area contributed by atoms with Crippen molar-refractivity contribution in [1.82, 2.24) is 9.97 Å². The third kappa shape index (κ3) is 3.32. The molecule has 3 N–H and O–H groups in total. The lowest BCUT2D eigenvalue weighted by molar-refractivity contribution is 0.295. The van der Waals surface area contributed by atoms with Crippen molar-refractivity contribution in [2.24, 2.45) is 0 Å². The summed E-state index contributed by atoms with van der Waals surface area (Å²) < 4.78 is 5.60. The normalized spacial score (nSPS) is 10.4. The monoisotopic (exact) mass is 293 g/mol. The molecule has 3 aromatic rings.